The summed E-state index contributed by atoms with van der Waals surface area (Å²) in [7, 11) is 0. The van der Waals surface area contributed by atoms with E-state index >= 15 is 0 Å². The summed E-state index contributed by atoms with van der Waals surface area (Å²) in [6, 6.07) is 1.87. The Morgan fingerprint density at radius 3 is 2.80 bits per heavy atom. The highest BCUT2D eigenvalue weighted by atomic mass is 35.5. The minimum absolute atomic E-state index is 0.0708. The lowest BCUT2D eigenvalue weighted by molar-refractivity contribution is -0.117. The van der Waals surface area contributed by atoms with Crippen LogP contribution < -0.4 is 10.6 Å². The van der Waals surface area contributed by atoms with E-state index in [0.717, 1.165) is 45.8 Å². The number of ether oxygens (including phenoxy) is 1. The van der Waals surface area contributed by atoms with E-state index in [-0.39, 0.29) is 5.57 Å². The van der Waals surface area contributed by atoms with E-state index in [4.69, 9.17) is 21.6 Å². The first-order valence-electron chi connectivity index (χ1n) is 6.76. The summed E-state index contributed by atoms with van der Waals surface area (Å²) in [6.45, 7) is 5.62. The van der Waals surface area contributed by atoms with E-state index in [0.29, 0.717) is 12.4 Å². The van der Waals surface area contributed by atoms with E-state index < -0.39 is 5.91 Å². The number of rotatable bonds is 8. The number of alkyl halides is 1. The molecule has 2 N–H and O–H groups in total. The Hall–Kier alpha value is -1.29. The predicted molar refractivity (Wildman–Crippen MR) is 77.3 cm³/mol. The van der Waals surface area contributed by atoms with Gasteiger partial charge in [0.05, 0.1) is 13.2 Å². The number of halogens is 1. The van der Waals surface area contributed by atoms with Crippen molar-refractivity contribution < 1.29 is 9.53 Å². The Labute approximate surface area is 124 Å². The molecule has 1 fully saturated rings. The zero-order chi connectivity index (χ0) is 14.6. The molecule has 0 aromatic carbocycles. The smallest absolute Gasteiger partial charge is 0.263 e. The summed E-state index contributed by atoms with van der Waals surface area (Å²) in [6.07, 6.45) is 2.42. The van der Waals surface area contributed by atoms with Gasteiger partial charge in [0, 0.05) is 38.3 Å². The molecule has 0 atom stereocenters. The van der Waals surface area contributed by atoms with Gasteiger partial charge in [0.25, 0.3) is 5.91 Å². The van der Waals surface area contributed by atoms with Crippen LogP contribution in [0, 0.1) is 11.3 Å². The van der Waals surface area contributed by atoms with E-state index in [9.17, 15) is 4.79 Å². The molecule has 0 aliphatic carbocycles. The van der Waals surface area contributed by atoms with Crippen molar-refractivity contribution in [1.29, 1.82) is 5.26 Å². The number of carbonyl (C=O) groups is 1. The molecule has 0 aromatic heterocycles. The van der Waals surface area contributed by atoms with Gasteiger partial charge < -0.3 is 15.4 Å². The lowest BCUT2D eigenvalue weighted by Gasteiger charge is -2.26. The van der Waals surface area contributed by atoms with Gasteiger partial charge in [0.2, 0.25) is 0 Å². The van der Waals surface area contributed by atoms with Crippen LogP contribution in [-0.2, 0) is 9.53 Å². The van der Waals surface area contributed by atoms with Crippen LogP contribution in [0.15, 0.2) is 11.8 Å². The molecule has 0 unspecified atom stereocenters. The van der Waals surface area contributed by atoms with Gasteiger partial charge in [-0.15, -0.1) is 11.6 Å². The number of nitrogens with zero attached hydrogens (tertiary/aromatic N) is 2. The van der Waals surface area contributed by atoms with E-state index in [2.05, 4.69) is 15.5 Å². The Kier molecular flexibility index (Phi) is 8.79. The van der Waals surface area contributed by atoms with Gasteiger partial charge in [0.1, 0.15) is 11.6 Å². The molecule has 1 aliphatic rings. The quantitative estimate of drug-likeness (QED) is 0.287. The summed E-state index contributed by atoms with van der Waals surface area (Å²) in [5.74, 6) is -0.0638. The van der Waals surface area contributed by atoms with Gasteiger partial charge in [-0.25, -0.2) is 0 Å². The number of nitriles is 1. The first kappa shape index (κ1) is 16.8. The zero-order valence-corrected chi connectivity index (χ0v) is 12.3. The molecule has 1 rings (SSSR count). The molecular weight excluding hydrogens is 280 g/mol. The van der Waals surface area contributed by atoms with Crippen molar-refractivity contribution in [3.05, 3.63) is 11.8 Å². The largest absolute Gasteiger partial charge is 0.390 e. The third-order valence-electron chi connectivity index (χ3n) is 2.89. The van der Waals surface area contributed by atoms with Crippen molar-refractivity contribution in [3.8, 4) is 6.07 Å². The van der Waals surface area contributed by atoms with Crippen molar-refractivity contribution in [3.63, 3.8) is 0 Å². The second-order valence-electron chi connectivity index (χ2n) is 4.38. The summed E-state index contributed by atoms with van der Waals surface area (Å²) in [5.41, 5.74) is 0.0708. The third kappa shape index (κ3) is 6.75. The standard InChI is InChI=1S/C13H21ClN4O2/c14-2-4-17-13(19)12(10-15)11-16-3-1-5-18-6-8-20-9-7-18/h11,16H,1-9H2,(H,17,19)/b12-11-. The molecule has 0 saturated carbocycles. The van der Waals surface area contributed by atoms with Crippen LogP contribution >= 0.6 is 11.6 Å². The SMILES string of the molecule is N#C/C(=C/NCCCN1CCOCC1)C(=O)NCCCl. The summed E-state index contributed by atoms with van der Waals surface area (Å²) in [4.78, 5) is 13.9. The van der Waals surface area contributed by atoms with Gasteiger partial charge in [0.15, 0.2) is 0 Å². The summed E-state index contributed by atoms with van der Waals surface area (Å²) in [5, 5.41) is 14.4. The summed E-state index contributed by atoms with van der Waals surface area (Å²) < 4.78 is 5.28. The van der Waals surface area contributed by atoms with Crippen LogP contribution in [0.4, 0.5) is 0 Å². The van der Waals surface area contributed by atoms with Crippen LogP contribution in [0.25, 0.3) is 0 Å². The highest BCUT2D eigenvalue weighted by Gasteiger charge is 2.09. The molecule has 1 amide bonds. The maximum atomic E-state index is 11.5. The van der Waals surface area contributed by atoms with E-state index in [1.54, 1.807) is 0 Å². The van der Waals surface area contributed by atoms with Gasteiger partial charge in [-0.1, -0.05) is 0 Å². The lowest BCUT2D eigenvalue weighted by Crippen LogP contribution is -2.37. The van der Waals surface area contributed by atoms with E-state index in [1.807, 2.05) is 6.07 Å². The zero-order valence-electron chi connectivity index (χ0n) is 11.5. The number of nitrogens with one attached hydrogen (secondary N) is 2. The Balaban J connectivity index is 2.17. The number of amides is 1. The molecular formula is C13H21ClN4O2. The van der Waals surface area contributed by atoms with Crippen molar-refractivity contribution in [2.45, 2.75) is 6.42 Å². The maximum Gasteiger partial charge on any atom is 0.263 e. The topological polar surface area (TPSA) is 77.4 Å². The minimum Gasteiger partial charge on any atom is -0.390 e. The predicted octanol–water partition coefficient (Wildman–Crippen LogP) is 0.0608. The Morgan fingerprint density at radius 1 is 1.40 bits per heavy atom. The lowest BCUT2D eigenvalue weighted by atomic mass is 10.3. The van der Waals surface area contributed by atoms with E-state index in [1.165, 1.54) is 6.20 Å². The van der Waals surface area contributed by atoms with Crippen molar-refractivity contribution in [1.82, 2.24) is 15.5 Å². The minimum atomic E-state index is -0.395. The van der Waals surface area contributed by atoms with Gasteiger partial charge >= 0.3 is 0 Å². The number of hydrogen-bond donors (Lipinski definition) is 2. The molecule has 7 heteroatoms. The van der Waals surface area contributed by atoms with Crippen LogP contribution in [0.1, 0.15) is 6.42 Å². The van der Waals surface area contributed by atoms with Crippen molar-refractivity contribution in [2.75, 3.05) is 51.8 Å². The normalized spacial score (nSPS) is 16.5. The van der Waals surface area contributed by atoms with Crippen molar-refractivity contribution >= 4 is 17.5 Å². The fraction of sp³-hybridized carbons (Fsp3) is 0.692. The molecule has 20 heavy (non-hydrogen) atoms. The van der Waals surface area contributed by atoms with Gasteiger partial charge in [-0.05, 0) is 13.0 Å². The van der Waals surface area contributed by atoms with Crippen LogP contribution in [0.2, 0.25) is 0 Å². The van der Waals surface area contributed by atoms with Gasteiger partial charge in [-0.3, -0.25) is 9.69 Å². The second kappa shape index (κ2) is 10.5. The van der Waals surface area contributed by atoms with Crippen molar-refractivity contribution in [2.24, 2.45) is 0 Å². The Morgan fingerprint density at radius 2 is 2.15 bits per heavy atom. The average molecular weight is 301 g/mol. The highest BCUT2D eigenvalue weighted by molar-refractivity contribution is 6.18. The Bertz CT molecular complexity index is 362. The average Bonchev–Trinajstić information content (AvgIpc) is 2.49. The number of carbonyl (C=O) groups excluding carboxylic acids is 1. The molecule has 1 saturated heterocycles. The monoisotopic (exact) mass is 300 g/mol. The van der Waals surface area contributed by atoms with Crippen LogP contribution in [0.3, 0.4) is 0 Å². The number of hydrogen-bond acceptors (Lipinski definition) is 5. The first-order chi connectivity index (χ1) is 9.77. The molecule has 1 aliphatic heterocycles. The van der Waals surface area contributed by atoms with Crippen LogP contribution in [0.5, 0.6) is 0 Å². The maximum absolute atomic E-state index is 11.5. The third-order valence-corrected chi connectivity index (χ3v) is 3.08. The fourth-order valence-corrected chi connectivity index (χ4v) is 1.90. The number of morpholine rings is 1. The molecule has 0 aromatic rings. The fourth-order valence-electron chi connectivity index (χ4n) is 1.81. The molecule has 6 nitrogen and oxygen atoms in total. The molecule has 0 radical (unpaired) electrons. The molecule has 112 valence electrons. The van der Waals surface area contributed by atoms with Gasteiger partial charge in [-0.2, -0.15) is 5.26 Å². The summed E-state index contributed by atoms with van der Waals surface area (Å²) >= 11 is 5.47. The molecule has 0 spiro atoms. The molecule has 1 heterocycles. The highest BCUT2D eigenvalue weighted by Crippen LogP contribution is 1.97. The first-order valence-corrected chi connectivity index (χ1v) is 7.29. The molecule has 0 bridgehead atoms. The second-order valence-corrected chi connectivity index (χ2v) is 4.75. The van der Waals surface area contributed by atoms with Crippen LogP contribution in [-0.4, -0.2) is 62.6 Å².